The Kier molecular flexibility index (Phi) is 9.63. The van der Waals surface area contributed by atoms with Crippen molar-refractivity contribution in [2.24, 2.45) is 29.6 Å². The number of piperidine rings is 2. The molecule has 1 saturated carbocycles. The number of alkyl halides is 2. The fourth-order valence-corrected chi connectivity index (χ4v) is 11.0. The summed E-state index contributed by atoms with van der Waals surface area (Å²) in [6, 6.07) is -0.572. The van der Waals surface area contributed by atoms with Crippen LogP contribution in [0.1, 0.15) is 72.6 Å². The van der Waals surface area contributed by atoms with Gasteiger partial charge in [0.15, 0.2) is 0 Å². The number of halogens is 2. The van der Waals surface area contributed by atoms with Gasteiger partial charge in [-0.15, -0.1) is 0 Å². The van der Waals surface area contributed by atoms with E-state index in [-0.39, 0.29) is 72.2 Å². The summed E-state index contributed by atoms with van der Waals surface area (Å²) in [5.74, 6) is 0.316. The molecule has 0 aromatic heterocycles. The molecule has 4 N–H and O–H groups in total. The van der Waals surface area contributed by atoms with Crippen LogP contribution < -0.4 is 21.4 Å². The van der Waals surface area contributed by atoms with Crippen LogP contribution in [0.5, 0.6) is 0 Å². The molecule has 47 heavy (non-hydrogen) atoms. The lowest BCUT2D eigenvalue weighted by Crippen LogP contribution is -2.80. The Balaban J connectivity index is 1.27. The van der Waals surface area contributed by atoms with Crippen molar-refractivity contribution in [3.63, 3.8) is 0 Å². The molecule has 7 aliphatic rings. The highest BCUT2D eigenvalue weighted by Crippen LogP contribution is 2.45. The predicted octanol–water partition coefficient (Wildman–Crippen LogP) is 2.83. The Labute approximate surface area is 279 Å². The second-order valence-corrected chi connectivity index (χ2v) is 16.2. The molecule has 0 aromatic carbocycles. The van der Waals surface area contributed by atoms with Crippen LogP contribution in [0.25, 0.3) is 0 Å². The maximum Gasteiger partial charge on any atom is 0.320 e. The van der Waals surface area contributed by atoms with Crippen molar-refractivity contribution in [1.29, 1.82) is 0 Å². The maximum atomic E-state index is 16.9. The molecule has 1 aliphatic carbocycles. The molecule has 2 bridgehead atoms. The average Bonchev–Trinajstić information content (AvgIpc) is 3.45. The van der Waals surface area contributed by atoms with Crippen LogP contribution in [0.4, 0.5) is 13.6 Å². The maximum absolute atomic E-state index is 16.9. The zero-order valence-electron chi connectivity index (χ0n) is 28.8. The summed E-state index contributed by atoms with van der Waals surface area (Å²) >= 11 is 0. The first-order chi connectivity index (χ1) is 22.6. The monoisotopic (exact) mass is 660 g/mol. The molecule has 6 aliphatic heterocycles. The molecule has 6 heterocycles. The van der Waals surface area contributed by atoms with Crippen molar-refractivity contribution in [1.82, 2.24) is 41.1 Å². The molecule has 0 radical (unpaired) electrons. The lowest BCUT2D eigenvalue weighted by atomic mass is 9.69. The minimum absolute atomic E-state index is 0.0329. The van der Waals surface area contributed by atoms with E-state index >= 15 is 8.78 Å². The molecule has 0 spiro atoms. The number of rotatable bonds is 3. The van der Waals surface area contributed by atoms with Crippen LogP contribution in [-0.4, -0.2) is 125 Å². The quantitative estimate of drug-likeness (QED) is 0.346. The Morgan fingerprint density at radius 1 is 0.979 bits per heavy atom. The summed E-state index contributed by atoms with van der Waals surface area (Å²) in [5, 5.41) is 13.4. The summed E-state index contributed by atoms with van der Waals surface area (Å²) in [4.78, 5) is 33.5. The van der Waals surface area contributed by atoms with Gasteiger partial charge in [-0.2, -0.15) is 0 Å². The lowest BCUT2D eigenvalue weighted by Gasteiger charge is -2.60. The van der Waals surface area contributed by atoms with Gasteiger partial charge in [0.05, 0.1) is 18.4 Å². The van der Waals surface area contributed by atoms with Crippen LogP contribution in [-0.2, 0) is 4.79 Å². The van der Waals surface area contributed by atoms with E-state index in [9.17, 15) is 9.59 Å². The van der Waals surface area contributed by atoms with Crippen molar-refractivity contribution in [3.8, 4) is 0 Å². The van der Waals surface area contributed by atoms with Crippen LogP contribution in [0.2, 0.25) is 0 Å². The molecule has 3 amide bonds. The minimum atomic E-state index is -1.17. The van der Waals surface area contributed by atoms with Gasteiger partial charge in [0.1, 0.15) is 12.3 Å². The number of nitrogens with zero attached hydrogens (tertiary/aromatic N) is 4. The molecule has 12 heteroatoms. The summed E-state index contributed by atoms with van der Waals surface area (Å²) in [7, 11) is 0. The summed E-state index contributed by atoms with van der Waals surface area (Å²) in [5.41, 5.74) is 3.60. The third-order valence-corrected chi connectivity index (χ3v) is 13.1. The number of hydrogen-bond donors (Lipinski definition) is 4. The molecule has 0 aromatic rings. The van der Waals surface area contributed by atoms with Gasteiger partial charge in [-0.3, -0.25) is 20.4 Å². The van der Waals surface area contributed by atoms with Crippen LogP contribution in [0.15, 0.2) is 12.7 Å². The zero-order chi connectivity index (χ0) is 33.1. The number of amides is 3. The molecule has 12 unspecified atom stereocenters. The van der Waals surface area contributed by atoms with Gasteiger partial charge >= 0.3 is 6.03 Å². The van der Waals surface area contributed by atoms with Crippen LogP contribution >= 0.6 is 0 Å². The van der Waals surface area contributed by atoms with Crippen molar-refractivity contribution in [2.45, 2.75) is 134 Å². The van der Waals surface area contributed by atoms with Gasteiger partial charge in [-0.05, 0) is 88.7 Å². The fourth-order valence-electron chi connectivity index (χ4n) is 11.0. The van der Waals surface area contributed by atoms with E-state index in [0.717, 1.165) is 45.3 Å². The van der Waals surface area contributed by atoms with E-state index in [1.54, 1.807) is 0 Å². The van der Waals surface area contributed by atoms with E-state index in [1.807, 2.05) is 11.8 Å². The first-order valence-corrected chi connectivity index (χ1v) is 18.6. The lowest BCUT2D eigenvalue weighted by molar-refractivity contribution is -0.136. The largest absolute Gasteiger partial charge is 0.334 e. The number of hydrazine groups is 1. The number of urea groups is 1. The predicted molar refractivity (Wildman–Crippen MR) is 177 cm³/mol. The summed E-state index contributed by atoms with van der Waals surface area (Å²) in [6.45, 7) is 15.9. The molecule has 6 saturated heterocycles. The number of hydrogen-bond acceptors (Lipinski definition) is 7. The highest BCUT2D eigenvalue weighted by Gasteiger charge is 2.58. The van der Waals surface area contributed by atoms with E-state index in [4.69, 9.17) is 0 Å². The first-order valence-electron chi connectivity index (χ1n) is 18.6. The number of piperazine rings is 1. The standard InChI is InChI=1S/C35H58F2N8O2/c1-6-28(46)42-17-21(5)43(18-20(42)4)33-26-15-27(37)30-25-14-24(36)13-23-16-39-44(31(23)25)12-8-7-9-22-10-11-38-29(19(2)3)32(22)45(34(26)40-30)35(47)41-33/h6,19-27,29-34,38-40H,1,7-18H2,2-5H3,(H,41,47)/t20-,21+,22?,23?,24?,25?,26?,27?,29?,30?,31?,32?,33?,34?/m1/s1. The second-order valence-electron chi connectivity index (χ2n) is 16.2. The smallest absolute Gasteiger partial charge is 0.320 e. The van der Waals surface area contributed by atoms with E-state index in [1.165, 1.54) is 6.08 Å². The summed E-state index contributed by atoms with van der Waals surface area (Å²) < 4.78 is 32.4. The van der Waals surface area contributed by atoms with E-state index in [2.05, 4.69) is 63.5 Å². The third kappa shape index (κ3) is 6.02. The molecule has 7 rings (SSSR count). The highest BCUT2D eigenvalue weighted by molar-refractivity contribution is 5.87. The van der Waals surface area contributed by atoms with Crippen LogP contribution in [0, 0.1) is 29.6 Å². The van der Waals surface area contributed by atoms with E-state index in [0.29, 0.717) is 44.2 Å². The number of nitrogens with one attached hydrogen (secondary N) is 4. The SMILES string of the molecule is C=CC(=O)N1C[C@H](C)N(C2NC(=O)N3C4NC(C(F)CC42)C2CC(F)CC4CNN(CCCCC5CCNC(C(C)C)C53)C42)C[C@H]1C. The molecular weight excluding hydrogens is 602 g/mol. The fraction of sp³-hybridized carbons (Fsp3) is 0.886. The van der Waals surface area contributed by atoms with Gasteiger partial charge in [-0.1, -0.05) is 26.8 Å². The Bertz CT molecular complexity index is 1180. The molecule has 10 nitrogen and oxygen atoms in total. The van der Waals surface area contributed by atoms with E-state index < -0.39 is 18.4 Å². The second kappa shape index (κ2) is 13.5. The number of carbonyl (C=O) groups is 2. The Morgan fingerprint density at radius 3 is 2.55 bits per heavy atom. The van der Waals surface area contributed by atoms with Crippen molar-refractivity contribution in [3.05, 3.63) is 12.7 Å². The van der Waals surface area contributed by atoms with Gasteiger partial charge in [-0.25, -0.2) is 18.6 Å². The average molecular weight is 661 g/mol. The van der Waals surface area contributed by atoms with Gasteiger partial charge in [0.2, 0.25) is 5.91 Å². The highest BCUT2D eigenvalue weighted by atomic mass is 19.1. The molecule has 14 atom stereocenters. The molecule has 7 fully saturated rings. The van der Waals surface area contributed by atoms with Crippen molar-refractivity contribution < 1.29 is 18.4 Å². The Morgan fingerprint density at radius 2 is 1.79 bits per heavy atom. The third-order valence-electron chi connectivity index (χ3n) is 13.1. The number of carbonyl (C=O) groups excluding carboxylic acids is 2. The van der Waals surface area contributed by atoms with Gasteiger partial charge in [0, 0.05) is 62.3 Å². The van der Waals surface area contributed by atoms with Gasteiger partial charge < -0.3 is 20.4 Å². The first kappa shape index (κ1) is 33.6. The Hall–Kier alpha value is -1.86. The zero-order valence-corrected chi connectivity index (χ0v) is 28.8. The summed E-state index contributed by atoms with van der Waals surface area (Å²) in [6.07, 6.45) is 3.80. The molecule has 264 valence electrons. The van der Waals surface area contributed by atoms with Crippen LogP contribution in [0.3, 0.4) is 0 Å². The van der Waals surface area contributed by atoms with Crippen molar-refractivity contribution in [2.75, 3.05) is 32.7 Å². The molecular formula is C35H58F2N8O2. The number of fused-ring (bicyclic) bond motifs is 4. The normalized spacial score (nSPS) is 46.4. The minimum Gasteiger partial charge on any atom is -0.334 e. The van der Waals surface area contributed by atoms with Gasteiger partial charge in [0.25, 0.3) is 0 Å². The topological polar surface area (TPSA) is 95.2 Å². The van der Waals surface area contributed by atoms with Crippen molar-refractivity contribution >= 4 is 11.9 Å².